The monoisotopic (exact) mass is 1340 g/mol. The van der Waals surface area contributed by atoms with Gasteiger partial charge in [0.05, 0.1) is 28.1 Å². The summed E-state index contributed by atoms with van der Waals surface area (Å²) >= 11 is 0. The number of hydrogen-bond donors (Lipinski definition) is 0. The molecule has 105 heavy (non-hydrogen) atoms. The molecule has 0 saturated heterocycles. The molecule has 1 unspecified atom stereocenters. The van der Waals surface area contributed by atoms with Crippen LogP contribution in [0, 0.1) is 0 Å². The summed E-state index contributed by atoms with van der Waals surface area (Å²) in [5.41, 5.74) is 37.5. The molecule has 18 aromatic rings. The summed E-state index contributed by atoms with van der Waals surface area (Å²) in [6.45, 7) is 7.28. The van der Waals surface area contributed by atoms with Crippen LogP contribution in [0.2, 0.25) is 0 Å². The molecule has 16 aromatic carbocycles. The second kappa shape index (κ2) is 23.4. The first-order valence-electron chi connectivity index (χ1n) is 36.5. The van der Waals surface area contributed by atoms with E-state index in [1.54, 1.807) is 0 Å². The maximum atomic E-state index is 6.21. The van der Waals surface area contributed by atoms with E-state index in [1.165, 1.54) is 128 Å². The molecule has 0 saturated carbocycles. The fourth-order valence-electron chi connectivity index (χ4n) is 18.2. The van der Waals surface area contributed by atoms with Crippen molar-refractivity contribution in [3.8, 4) is 94.7 Å². The van der Waals surface area contributed by atoms with E-state index in [1.807, 2.05) is 12.1 Å². The van der Waals surface area contributed by atoms with Gasteiger partial charge in [0.25, 0.3) is 0 Å². The van der Waals surface area contributed by atoms with Gasteiger partial charge in [-0.15, -0.1) is 0 Å². The topological polar surface area (TPSA) is 24.6 Å². The third-order valence-electron chi connectivity index (χ3n) is 23.2. The van der Waals surface area contributed by atoms with Gasteiger partial charge in [0.2, 0.25) is 0 Å². The second-order valence-electron chi connectivity index (χ2n) is 29.2. The number of hydrogen-bond acceptors (Lipinski definition) is 3. The lowest BCUT2D eigenvalue weighted by Gasteiger charge is -2.42. The van der Waals surface area contributed by atoms with Crippen molar-refractivity contribution < 1.29 is 4.42 Å². The number of nitrogens with zero attached hydrogens (tertiary/aromatic N) is 3. The van der Waals surface area contributed by atoms with Gasteiger partial charge in [-0.25, -0.2) is 0 Å². The fraction of sp³-hybridized carbons (Fsp3) is 0.0495. The van der Waals surface area contributed by atoms with Gasteiger partial charge in [-0.05, 0) is 239 Å². The van der Waals surface area contributed by atoms with Crippen LogP contribution in [0.4, 0.5) is 34.1 Å². The Morgan fingerprint density at radius 1 is 0.276 bits per heavy atom. The van der Waals surface area contributed by atoms with E-state index in [-0.39, 0.29) is 10.8 Å². The summed E-state index contributed by atoms with van der Waals surface area (Å²) in [5.74, 6) is 0. The molecule has 3 aliphatic rings. The zero-order valence-electron chi connectivity index (χ0n) is 58.4. The summed E-state index contributed by atoms with van der Waals surface area (Å²) in [4.78, 5) is 4.99. The highest BCUT2D eigenvalue weighted by atomic mass is 16.3. The molecule has 0 fully saturated rings. The Bertz CT molecular complexity index is 6540. The minimum absolute atomic E-state index is 0.336. The van der Waals surface area contributed by atoms with Crippen LogP contribution < -0.4 is 9.80 Å². The molecular formula is C101H69N3O. The summed E-state index contributed by atoms with van der Waals surface area (Å²) in [6, 6.07) is 135. The molecule has 0 amide bonds. The average Bonchev–Trinajstić information content (AvgIpc) is 1.55. The molecule has 0 radical (unpaired) electrons. The second-order valence-corrected chi connectivity index (χ2v) is 29.2. The van der Waals surface area contributed by atoms with Gasteiger partial charge >= 0.3 is 0 Å². The van der Waals surface area contributed by atoms with Crippen molar-refractivity contribution in [3.05, 3.63) is 392 Å². The number of rotatable bonds is 11. The van der Waals surface area contributed by atoms with E-state index in [0.29, 0.717) is 0 Å². The van der Waals surface area contributed by atoms with Crippen molar-refractivity contribution in [2.45, 2.75) is 31.6 Å². The maximum Gasteiger partial charge on any atom is 0.135 e. The highest BCUT2D eigenvalue weighted by Crippen LogP contribution is 2.63. The number of benzene rings is 16. The van der Waals surface area contributed by atoms with Gasteiger partial charge in [0.15, 0.2) is 0 Å². The Morgan fingerprint density at radius 3 is 1.51 bits per heavy atom. The number of aromatic nitrogens is 1. The summed E-state index contributed by atoms with van der Waals surface area (Å²) in [7, 11) is 0. The van der Waals surface area contributed by atoms with E-state index in [0.717, 1.165) is 72.6 Å². The van der Waals surface area contributed by atoms with Crippen molar-refractivity contribution in [3.63, 3.8) is 0 Å². The molecule has 3 heterocycles. The zero-order valence-corrected chi connectivity index (χ0v) is 58.4. The lowest BCUT2D eigenvalue weighted by atomic mass is 9.70. The minimum atomic E-state index is -0.377. The van der Waals surface area contributed by atoms with Crippen LogP contribution in [0.3, 0.4) is 0 Å². The molecule has 2 aromatic heterocycles. The van der Waals surface area contributed by atoms with E-state index in [2.05, 4.69) is 387 Å². The molecule has 494 valence electrons. The molecule has 2 aliphatic carbocycles. The van der Waals surface area contributed by atoms with Gasteiger partial charge in [-0.2, -0.15) is 0 Å². The van der Waals surface area contributed by atoms with Crippen LogP contribution in [0.5, 0.6) is 0 Å². The highest BCUT2D eigenvalue weighted by molar-refractivity contribution is 6.12. The summed E-state index contributed by atoms with van der Waals surface area (Å²) in [6.07, 6.45) is 0. The van der Waals surface area contributed by atoms with Crippen LogP contribution in [-0.4, -0.2) is 4.57 Å². The van der Waals surface area contributed by atoms with Crippen molar-refractivity contribution in [1.29, 1.82) is 0 Å². The Hall–Kier alpha value is -13.3. The maximum absolute atomic E-state index is 6.21. The van der Waals surface area contributed by atoms with E-state index >= 15 is 0 Å². The molecule has 0 spiro atoms. The summed E-state index contributed by atoms with van der Waals surface area (Å²) in [5, 5.41) is 4.75. The van der Waals surface area contributed by atoms with E-state index in [4.69, 9.17) is 4.42 Å². The van der Waals surface area contributed by atoms with Crippen LogP contribution >= 0.6 is 0 Å². The fourth-order valence-corrected chi connectivity index (χ4v) is 18.2. The van der Waals surface area contributed by atoms with Crippen molar-refractivity contribution in [1.82, 2.24) is 4.57 Å². The molecule has 4 nitrogen and oxygen atoms in total. The molecule has 1 aliphatic heterocycles. The van der Waals surface area contributed by atoms with Crippen molar-refractivity contribution >= 4 is 77.9 Å². The van der Waals surface area contributed by atoms with Gasteiger partial charge < -0.3 is 18.8 Å². The largest absolute Gasteiger partial charge is 0.456 e. The first-order chi connectivity index (χ1) is 51.7. The van der Waals surface area contributed by atoms with Gasteiger partial charge in [-0.3, -0.25) is 0 Å². The number of anilines is 6. The zero-order chi connectivity index (χ0) is 69.7. The number of para-hydroxylation sites is 3. The van der Waals surface area contributed by atoms with Crippen LogP contribution in [0.1, 0.15) is 48.6 Å². The van der Waals surface area contributed by atoms with Gasteiger partial charge in [0.1, 0.15) is 11.2 Å². The Balaban J connectivity index is 0.622. The predicted octanol–water partition coefficient (Wildman–Crippen LogP) is 27.6. The molecule has 0 bridgehead atoms. The smallest absolute Gasteiger partial charge is 0.135 e. The first kappa shape index (κ1) is 60.5. The molecule has 21 rings (SSSR count). The Morgan fingerprint density at radius 2 is 0.781 bits per heavy atom. The van der Waals surface area contributed by atoms with Crippen molar-refractivity contribution in [2.24, 2.45) is 0 Å². The van der Waals surface area contributed by atoms with Gasteiger partial charge in [0, 0.05) is 55.1 Å². The van der Waals surface area contributed by atoms with Crippen molar-refractivity contribution in [2.75, 3.05) is 9.80 Å². The quantitative estimate of drug-likeness (QED) is 0.129. The first-order valence-corrected chi connectivity index (χ1v) is 36.5. The van der Waals surface area contributed by atoms with E-state index < -0.39 is 0 Å². The highest BCUT2D eigenvalue weighted by Gasteiger charge is 2.48. The average molecular weight is 1340 g/mol. The third kappa shape index (κ3) is 9.33. The van der Waals surface area contributed by atoms with Crippen LogP contribution in [0.15, 0.2) is 368 Å². The van der Waals surface area contributed by atoms with E-state index in [9.17, 15) is 0 Å². The summed E-state index contributed by atoms with van der Waals surface area (Å²) < 4.78 is 8.61. The number of fused-ring (bicyclic) bond motifs is 14. The van der Waals surface area contributed by atoms with Gasteiger partial charge in [-0.1, -0.05) is 263 Å². The molecule has 0 N–H and O–H groups in total. The standard InChI is InChI=1S/C101H69N3O/c1-100(2)87-31-14-11-29-84(87)97-79(74-47-56-91-85(62-74)81-27-12-16-33-90(81)103(91)75-24-8-5-9-25-75)55-58-94(99(97)100)102(76-49-40-65(41-50-76)64-20-6-4-7-21-64)77-51-42-68(43-52-77)71-23-18-22-70(60-71)66-36-38-67(39-37-66)73-46-57-92-89(63-73)101(3)88-32-15-10-26-80(88)83-30-19-34-93(98(83)101)104(92)78-53-44-69(45-54-78)72-48-59-96-86(61-72)82-28-13-17-35-95(82)105-96/h4-63H,1-3H3. The molecule has 4 heteroatoms. The van der Waals surface area contributed by atoms with Crippen LogP contribution in [-0.2, 0) is 10.8 Å². The predicted molar refractivity (Wildman–Crippen MR) is 439 cm³/mol. The SMILES string of the molecule is CC1(C)c2ccccc2-c2c(-c3ccc4c(c3)c3ccccc3n4-c3ccccc3)ccc(N(c3ccc(-c4ccccc4)cc3)c3ccc(-c4cccc(-c5ccc(-c6ccc7c(c6)C6(C)c8ccccc8-c8cccc(c86)N7c6ccc(-c7ccc8oc9ccccc9c8c7)cc6)cc5)c4)cc3)c21. The number of furan rings is 1. The Kier molecular flexibility index (Phi) is 13.5. The Labute approximate surface area is 610 Å². The minimum Gasteiger partial charge on any atom is -0.456 e. The lowest BCUT2D eigenvalue weighted by molar-refractivity contribution is 0.661. The van der Waals surface area contributed by atoms with Crippen LogP contribution in [0.25, 0.3) is 138 Å². The molecular weight excluding hydrogens is 1270 g/mol. The normalized spacial score (nSPS) is 14.3. The third-order valence-corrected chi connectivity index (χ3v) is 23.2. The lowest BCUT2D eigenvalue weighted by Crippen LogP contribution is -2.32. The molecule has 1 atom stereocenters.